The molecule has 0 aliphatic rings. The van der Waals surface area contributed by atoms with E-state index < -0.39 is 36.8 Å². The van der Waals surface area contributed by atoms with Gasteiger partial charge in [-0.3, -0.25) is 0 Å². The number of nitrogens with zero attached hydrogens (tertiary/aromatic N) is 2. The van der Waals surface area contributed by atoms with Crippen molar-refractivity contribution in [3.63, 3.8) is 0 Å². The second kappa shape index (κ2) is 19.1. The normalized spacial score (nSPS) is 12.3. The zero-order chi connectivity index (χ0) is 27.7. The number of rotatable bonds is 21. The van der Waals surface area contributed by atoms with Gasteiger partial charge in [0.05, 0.1) is 0 Å². The van der Waals surface area contributed by atoms with Crippen LogP contribution in [0.4, 0.5) is 0 Å². The van der Waals surface area contributed by atoms with Gasteiger partial charge >= 0.3 is 247 Å². The van der Waals surface area contributed by atoms with Gasteiger partial charge in [0, 0.05) is 0 Å². The zero-order valence-electron chi connectivity index (χ0n) is 26.1. The van der Waals surface area contributed by atoms with E-state index in [1.807, 2.05) is 0 Å². The molecule has 38 heavy (non-hydrogen) atoms. The number of hydrogen-bond donors (Lipinski definition) is 0. The average Bonchev–Trinajstić information content (AvgIpc) is 2.97. The Balaban J connectivity index is 2.79. The van der Waals surface area contributed by atoms with E-state index >= 15 is 0 Å². The molecule has 0 amide bonds. The first-order chi connectivity index (χ1) is 18.6. The third-order valence-electron chi connectivity index (χ3n) is 9.04. The van der Waals surface area contributed by atoms with E-state index in [0.717, 1.165) is 0 Å². The standard InChI is InChI=1S/C10H6N2.6C4H9.2Sn/c1-3-7-11-9(5-1)10-6-2-4-8-12-10;6*1-3-4-2;;/h1-4,7-8H;6*1,3-4H2,2H3;;. The first-order valence-corrected chi connectivity index (χ1v) is 31.5. The van der Waals surface area contributed by atoms with Crippen molar-refractivity contribution in [2.45, 2.75) is 145 Å². The Labute approximate surface area is 245 Å². The molecule has 0 saturated heterocycles. The van der Waals surface area contributed by atoms with Crippen LogP contribution < -0.4 is 7.16 Å². The third-order valence-corrected chi connectivity index (χ3v) is 40.3. The van der Waals surface area contributed by atoms with Gasteiger partial charge in [-0.25, -0.2) is 0 Å². The van der Waals surface area contributed by atoms with Crippen LogP contribution in [-0.4, -0.2) is 46.7 Å². The Bertz CT molecular complexity index is 781. The summed E-state index contributed by atoms with van der Waals surface area (Å²) in [6.07, 6.45) is 20.4. The second-order valence-corrected chi connectivity index (χ2v) is 38.2. The summed E-state index contributed by atoms with van der Waals surface area (Å²) in [6, 6.07) is 9.61. The van der Waals surface area contributed by atoms with Crippen LogP contribution in [0.25, 0.3) is 11.4 Å². The van der Waals surface area contributed by atoms with Crippen LogP contribution in [0.3, 0.4) is 0 Å². The fraction of sp³-hybridized carbons (Fsp3) is 0.706. The predicted octanol–water partition coefficient (Wildman–Crippen LogP) is 10.3. The number of aromatic nitrogens is 2. The van der Waals surface area contributed by atoms with E-state index in [0.29, 0.717) is 0 Å². The molecule has 2 rings (SSSR count). The molecule has 0 aliphatic heterocycles. The molecule has 0 N–H and O–H groups in total. The minimum absolute atomic E-state index is 1.31. The second-order valence-electron chi connectivity index (χ2n) is 12.0. The van der Waals surface area contributed by atoms with Crippen molar-refractivity contribution in [3.05, 3.63) is 36.7 Å². The molecular formula is C34H60N2Sn2. The van der Waals surface area contributed by atoms with Crippen LogP contribution in [0.5, 0.6) is 0 Å². The Hall–Kier alpha value is -0.103. The molecule has 0 saturated carbocycles. The van der Waals surface area contributed by atoms with Crippen LogP contribution in [0.2, 0.25) is 26.6 Å². The maximum absolute atomic E-state index is 5.28. The Morgan fingerprint density at radius 2 is 0.711 bits per heavy atom. The summed E-state index contributed by atoms with van der Waals surface area (Å²) in [5.74, 6) is 0. The van der Waals surface area contributed by atoms with E-state index in [2.05, 4.69) is 78.2 Å². The molecule has 214 valence electrons. The van der Waals surface area contributed by atoms with Gasteiger partial charge in [-0.2, -0.15) is 0 Å². The predicted molar refractivity (Wildman–Crippen MR) is 177 cm³/mol. The summed E-state index contributed by atoms with van der Waals surface area (Å²) < 4.78 is 12.4. The van der Waals surface area contributed by atoms with E-state index in [1.165, 1.54) is 115 Å². The van der Waals surface area contributed by atoms with Crippen molar-refractivity contribution in [1.82, 2.24) is 9.97 Å². The van der Waals surface area contributed by atoms with Gasteiger partial charge in [-0.15, -0.1) is 0 Å². The molecule has 0 radical (unpaired) electrons. The Morgan fingerprint density at radius 3 is 0.947 bits per heavy atom. The van der Waals surface area contributed by atoms with Gasteiger partial charge in [-0.05, 0) is 0 Å². The molecule has 2 aromatic rings. The molecule has 0 aliphatic carbocycles. The SMILES string of the molecule is CCC[CH2][Sn]([CH2]CCC)([CH2]CCC)[c]1cccnc1-c1nccc[c]1[Sn]([CH2]CCC)([CH2]CCC)[CH2]CCC. The summed E-state index contributed by atoms with van der Waals surface area (Å²) in [7, 11) is 0. The molecule has 2 aromatic heterocycles. The van der Waals surface area contributed by atoms with Crippen molar-refractivity contribution in [2.75, 3.05) is 0 Å². The fourth-order valence-electron chi connectivity index (χ4n) is 6.69. The molecule has 0 fully saturated rings. The van der Waals surface area contributed by atoms with Crippen molar-refractivity contribution >= 4 is 43.9 Å². The fourth-order valence-corrected chi connectivity index (χ4v) is 39.7. The van der Waals surface area contributed by atoms with Gasteiger partial charge in [0.25, 0.3) is 0 Å². The zero-order valence-corrected chi connectivity index (χ0v) is 31.8. The van der Waals surface area contributed by atoms with Gasteiger partial charge in [-0.1, -0.05) is 0 Å². The molecule has 2 heterocycles. The first-order valence-electron chi connectivity index (χ1n) is 16.5. The molecule has 0 atom stereocenters. The van der Waals surface area contributed by atoms with E-state index in [4.69, 9.17) is 9.97 Å². The molecule has 4 heteroatoms. The van der Waals surface area contributed by atoms with Crippen LogP contribution in [0.15, 0.2) is 36.7 Å². The van der Waals surface area contributed by atoms with Gasteiger partial charge in [0.2, 0.25) is 0 Å². The quantitative estimate of drug-likeness (QED) is 0.119. The van der Waals surface area contributed by atoms with E-state index in [-0.39, 0.29) is 0 Å². The monoisotopic (exact) mass is 736 g/mol. The van der Waals surface area contributed by atoms with Crippen LogP contribution >= 0.6 is 0 Å². The van der Waals surface area contributed by atoms with Crippen LogP contribution in [0.1, 0.15) is 119 Å². The molecule has 0 unspecified atom stereocenters. The van der Waals surface area contributed by atoms with E-state index in [1.54, 1.807) is 7.16 Å². The number of hydrogen-bond acceptors (Lipinski definition) is 2. The molecule has 2 nitrogen and oxygen atoms in total. The summed E-state index contributed by atoms with van der Waals surface area (Å²) in [5.41, 5.74) is 2.65. The van der Waals surface area contributed by atoms with Gasteiger partial charge in [0.15, 0.2) is 0 Å². The van der Waals surface area contributed by atoms with Crippen LogP contribution in [-0.2, 0) is 0 Å². The van der Waals surface area contributed by atoms with Gasteiger partial charge < -0.3 is 0 Å². The Morgan fingerprint density at radius 1 is 0.447 bits per heavy atom. The van der Waals surface area contributed by atoms with Crippen molar-refractivity contribution in [2.24, 2.45) is 0 Å². The van der Waals surface area contributed by atoms with Crippen LogP contribution in [0, 0.1) is 0 Å². The van der Waals surface area contributed by atoms with Crippen molar-refractivity contribution < 1.29 is 0 Å². The topological polar surface area (TPSA) is 25.8 Å². The summed E-state index contributed by atoms with van der Waals surface area (Å²) in [4.78, 5) is 10.6. The minimum atomic E-state index is -2.68. The molecule has 0 aromatic carbocycles. The van der Waals surface area contributed by atoms with Crippen molar-refractivity contribution in [1.29, 1.82) is 0 Å². The summed E-state index contributed by atoms with van der Waals surface area (Å²) in [5, 5.41) is 0. The van der Waals surface area contributed by atoms with Crippen molar-refractivity contribution in [3.8, 4) is 11.4 Å². The Kier molecular flexibility index (Phi) is 17.1. The number of unbranched alkanes of at least 4 members (excludes halogenated alkanes) is 6. The number of pyridine rings is 2. The molecule has 0 bridgehead atoms. The summed E-state index contributed by atoms with van der Waals surface area (Å²) >= 11 is -5.36. The first kappa shape index (κ1) is 34.1. The molecular weight excluding hydrogens is 674 g/mol. The molecule has 0 spiro atoms. The summed E-state index contributed by atoms with van der Waals surface area (Å²) in [6.45, 7) is 14.3. The average molecular weight is 734 g/mol. The van der Waals surface area contributed by atoms with E-state index in [9.17, 15) is 0 Å². The third kappa shape index (κ3) is 9.48. The maximum atomic E-state index is 5.28. The van der Waals surface area contributed by atoms with Gasteiger partial charge in [0.1, 0.15) is 0 Å².